The minimum atomic E-state index is -0.842. The summed E-state index contributed by atoms with van der Waals surface area (Å²) in [5.41, 5.74) is 3.37. The van der Waals surface area contributed by atoms with Gasteiger partial charge in [-0.05, 0) is 55.4 Å². The number of aliphatic hydroxyl groups excluding tert-OH is 1. The van der Waals surface area contributed by atoms with Gasteiger partial charge in [-0.25, -0.2) is 0 Å². The molecule has 25 heavy (non-hydrogen) atoms. The SMILES string of the molecule is Cc1ccc(N2CC(NC(=O)C(O)C3CC3)[C@H](C)C2)c2cccnc12. The molecule has 1 aromatic heterocycles. The van der Waals surface area contributed by atoms with Crippen LogP contribution in [0.2, 0.25) is 0 Å². The minimum Gasteiger partial charge on any atom is -0.383 e. The van der Waals surface area contributed by atoms with Crippen molar-refractivity contribution < 1.29 is 9.90 Å². The summed E-state index contributed by atoms with van der Waals surface area (Å²) >= 11 is 0. The van der Waals surface area contributed by atoms with E-state index in [1.165, 1.54) is 11.3 Å². The van der Waals surface area contributed by atoms with Gasteiger partial charge in [0.1, 0.15) is 6.10 Å². The highest BCUT2D eigenvalue weighted by Crippen LogP contribution is 2.34. The van der Waals surface area contributed by atoms with Crippen molar-refractivity contribution >= 4 is 22.5 Å². The van der Waals surface area contributed by atoms with Gasteiger partial charge >= 0.3 is 0 Å². The van der Waals surface area contributed by atoms with Crippen molar-refractivity contribution in [3.8, 4) is 0 Å². The van der Waals surface area contributed by atoms with Crippen molar-refractivity contribution in [3.63, 3.8) is 0 Å². The molecule has 1 amide bonds. The zero-order valence-electron chi connectivity index (χ0n) is 14.8. The Morgan fingerprint density at radius 2 is 2.12 bits per heavy atom. The highest BCUT2D eigenvalue weighted by atomic mass is 16.3. The van der Waals surface area contributed by atoms with Gasteiger partial charge in [0.15, 0.2) is 0 Å². The molecule has 3 atom stereocenters. The molecule has 5 heteroatoms. The van der Waals surface area contributed by atoms with Gasteiger partial charge in [-0.3, -0.25) is 9.78 Å². The van der Waals surface area contributed by atoms with Crippen LogP contribution in [0.5, 0.6) is 0 Å². The molecule has 4 rings (SSSR count). The molecule has 2 heterocycles. The third-order valence-electron chi connectivity index (χ3n) is 5.57. The average Bonchev–Trinajstić information content (AvgIpc) is 3.40. The van der Waals surface area contributed by atoms with Crippen LogP contribution in [0.4, 0.5) is 5.69 Å². The maximum atomic E-state index is 12.2. The number of nitrogens with one attached hydrogen (secondary N) is 1. The normalized spacial score (nSPS) is 24.5. The van der Waals surface area contributed by atoms with E-state index in [-0.39, 0.29) is 17.9 Å². The predicted octanol–water partition coefficient (Wildman–Crippen LogP) is 2.26. The second kappa shape index (κ2) is 6.30. The highest BCUT2D eigenvalue weighted by molar-refractivity contribution is 5.94. The van der Waals surface area contributed by atoms with Crippen LogP contribution >= 0.6 is 0 Å². The lowest BCUT2D eigenvalue weighted by Crippen LogP contribution is -2.45. The van der Waals surface area contributed by atoms with E-state index in [2.05, 4.69) is 47.2 Å². The molecule has 2 aromatic rings. The fraction of sp³-hybridized carbons (Fsp3) is 0.500. The number of aliphatic hydroxyl groups is 1. The van der Waals surface area contributed by atoms with Gasteiger partial charge in [-0.1, -0.05) is 13.0 Å². The Balaban J connectivity index is 1.53. The molecule has 2 N–H and O–H groups in total. The third-order valence-corrected chi connectivity index (χ3v) is 5.57. The van der Waals surface area contributed by atoms with Crippen LogP contribution in [0.25, 0.3) is 10.9 Å². The summed E-state index contributed by atoms with van der Waals surface area (Å²) in [4.78, 5) is 19.1. The summed E-state index contributed by atoms with van der Waals surface area (Å²) in [7, 11) is 0. The molecule has 1 aliphatic carbocycles. The molecule has 2 fully saturated rings. The number of fused-ring (bicyclic) bond motifs is 1. The quantitative estimate of drug-likeness (QED) is 0.897. The van der Waals surface area contributed by atoms with Crippen molar-refractivity contribution in [1.29, 1.82) is 0 Å². The lowest BCUT2D eigenvalue weighted by Gasteiger charge is -2.22. The zero-order chi connectivity index (χ0) is 17.6. The first-order valence-electron chi connectivity index (χ1n) is 9.12. The molecular weight excluding hydrogens is 314 g/mol. The van der Waals surface area contributed by atoms with Crippen molar-refractivity contribution in [1.82, 2.24) is 10.3 Å². The number of hydrogen-bond acceptors (Lipinski definition) is 4. The van der Waals surface area contributed by atoms with Gasteiger partial charge in [-0.15, -0.1) is 0 Å². The van der Waals surface area contributed by atoms with E-state index in [4.69, 9.17) is 0 Å². The van der Waals surface area contributed by atoms with Crippen LogP contribution in [0.15, 0.2) is 30.5 Å². The fourth-order valence-electron chi connectivity index (χ4n) is 3.82. The second-order valence-electron chi connectivity index (χ2n) is 7.58. The van der Waals surface area contributed by atoms with E-state index in [1.54, 1.807) is 0 Å². The smallest absolute Gasteiger partial charge is 0.249 e. The number of carbonyl (C=O) groups is 1. The summed E-state index contributed by atoms with van der Waals surface area (Å²) in [6.07, 6.45) is 2.91. The number of pyridine rings is 1. The topological polar surface area (TPSA) is 65.5 Å². The standard InChI is InChI=1S/C20H25N3O2/c1-12-5-8-17(15-4-3-9-21-18(12)15)23-10-13(2)16(11-23)22-20(25)19(24)14-6-7-14/h3-5,8-9,13-14,16,19,24H,6-7,10-11H2,1-2H3,(H,22,25)/t13-,16?,19?/m1/s1. The van der Waals surface area contributed by atoms with E-state index < -0.39 is 6.10 Å². The molecular formula is C20H25N3O2. The molecule has 5 nitrogen and oxygen atoms in total. The summed E-state index contributed by atoms with van der Waals surface area (Å²) < 4.78 is 0. The van der Waals surface area contributed by atoms with Crippen LogP contribution in [0.1, 0.15) is 25.3 Å². The molecule has 2 unspecified atom stereocenters. The Morgan fingerprint density at radius 3 is 2.88 bits per heavy atom. The fourth-order valence-corrected chi connectivity index (χ4v) is 3.82. The van der Waals surface area contributed by atoms with Gasteiger partial charge in [0.25, 0.3) is 0 Å². The first-order valence-corrected chi connectivity index (χ1v) is 9.12. The number of aryl methyl sites for hydroxylation is 1. The van der Waals surface area contributed by atoms with Gasteiger partial charge in [0, 0.05) is 30.4 Å². The Labute approximate surface area is 148 Å². The van der Waals surface area contributed by atoms with Crippen molar-refractivity contribution in [2.24, 2.45) is 11.8 Å². The van der Waals surface area contributed by atoms with Crippen molar-refractivity contribution in [2.45, 2.75) is 38.8 Å². The Morgan fingerprint density at radius 1 is 1.32 bits per heavy atom. The maximum Gasteiger partial charge on any atom is 0.249 e. The number of carbonyl (C=O) groups excluding carboxylic acids is 1. The van der Waals surface area contributed by atoms with Crippen LogP contribution in [0, 0.1) is 18.8 Å². The van der Waals surface area contributed by atoms with Gasteiger partial charge in [0.2, 0.25) is 5.91 Å². The summed E-state index contributed by atoms with van der Waals surface area (Å²) in [6.45, 7) is 5.88. The number of aromatic nitrogens is 1. The number of nitrogens with zero attached hydrogens (tertiary/aromatic N) is 2. The Kier molecular flexibility index (Phi) is 4.12. The summed E-state index contributed by atoms with van der Waals surface area (Å²) in [5.74, 6) is 0.292. The van der Waals surface area contributed by atoms with Crippen LogP contribution in [0.3, 0.4) is 0 Å². The lowest BCUT2D eigenvalue weighted by atomic mass is 10.1. The number of amides is 1. The van der Waals surface area contributed by atoms with Crippen LogP contribution in [-0.2, 0) is 4.79 Å². The third kappa shape index (κ3) is 3.09. The molecule has 2 aliphatic rings. The summed E-state index contributed by atoms with van der Waals surface area (Å²) in [5, 5.41) is 14.2. The van der Waals surface area contributed by atoms with E-state index in [1.807, 2.05) is 12.3 Å². The Hall–Kier alpha value is -2.14. The van der Waals surface area contributed by atoms with Crippen LogP contribution in [-0.4, -0.2) is 41.2 Å². The largest absolute Gasteiger partial charge is 0.383 e. The molecule has 1 saturated heterocycles. The summed E-state index contributed by atoms with van der Waals surface area (Å²) in [6, 6.07) is 8.40. The van der Waals surface area contributed by atoms with Gasteiger partial charge < -0.3 is 15.3 Å². The van der Waals surface area contributed by atoms with Crippen LogP contribution < -0.4 is 10.2 Å². The molecule has 1 aliphatic heterocycles. The number of rotatable bonds is 4. The van der Waals surface area contributed by atoms with E-state index in [0.29, 0.717) is 5.92 Å². The second-order valence-corrected chi connectivity index (χ2v) is 7.58. The molecule has 0 spiro atoms. The van der Waals surface area contributed by atoms with Gasteiger partial charge in [0.05, 0.1) is 11.6 Å². The minimum absolute atomic E-state index is 0.0638. The Bertz CT molecular complexity index is 803. The first kappa shape index (κ1) is 16.3. The lowest BCUT2D eigenvalue weighted by molar-refractivity contribution is -0.131. The molecule has 1 saturated carbocycles. The van der Waals surface area contributed by atoms with E-state index in [9.17, 15) is 9.90 Å². The van der Waals surface area contributed by atoms with Crippen molar-refractivity contribution in [3.05, 3.63) is 36.0 Å². The van der Waals surface area contributed by atoms with E-state index >= 15 is 0 Å². The molecule has 1 aromatic carbocycles. The number of benzene rings is 1. The number of anilines is 1. The maximum absolute atomic E-state index is 12.2. The highest BCUT2D eigenvalue weighted by Gasteiger charge is 2.38. The monoisotopic (exact) mass is 339 g/mol. The predicted molar refractivity (Wildman–Crippen MR) is 98.5 cm³/mol. The zero-order valence-corrected chi connectivity index (χ0v) is 14.8. The van der Waals surface area contributed by atoms with E-state index in [0.717, 1.165) is 36.8 Å². The first-order chi connectivity index (χ1) is 12.0. The average molecular weight is 339 g/mol. The molecule has 0 radical (unpaired) electrons. The molecule has 132 valence electrons. The molecule has 0 bridgehead atoms. The van der Waals surface area contributed by atoms with Gasteiger partial charge in [-0.2, -0.15) is 0 Å². The number of hydrogen-bond donors (Lipinski definition) is 2. The van der Waals surface area contributed by atoms with Crippen molar-refractivity contribution in [2.75, 3.05) is 18.0 Å².